The molecule has 0 bridgehead atoms. The Morgan fingerprint density at radius 2 is 2.23 bits per heavy atom. The monoisotopic (exact) mass is 341 g/mol. The number of quaternary nitrogens is 1. The van der Waals surface area contributed by atoms with Crippen molar-refractivity contribution >= 4 is 35.0 Å². The summed E-state index contributed by atoms with van der Waals surface area (Å²) < 4.78 is 5.50. The van der Waals surface area contributed by atoms with Gasteiger partial charge in [0.05, 0.1) is 5.75 Å². The Balaban J connectivity index is 1.86. The van der Waals surface area contributed by atoms with Crippen LogP contribution in [0.5, 0.6) is 0 Å². The lowest BCUT2D eigenvalue weighted by atomic mass is 10.1. The van der Waals surface area contributed by atoms with Gasteiger partial charge in [-0.25, -0.2) is 0 Å². The maximum absolute atomic E-state index is 11.9. The fourth-order valence-corrected chi connectivity index (χ4v) is 2.36. The highest BCUT2D eigenvalue weighted by atomic mass is 35.5. The van der Waals surface area contributed by atoms with E-state index in [1.54, 1.807) is 24.3 Å². The van der Waals surface area contributed by atoms with Gasteiger partial charge in [0.25, 0.3) is 11.1 Å². The van der Waals surface area contributed by atoms with Crippen LogP contribution in [0.15, 0.2) is 33.9 Å². The van der Waals surface area contributed by atoms with Crippen LogP contribution in [0.4, 0.5) is 5.69 Å². The molecule has 4 N–H and O–H groups in total. The molecule has 0 fully saturated rings. The van der Waals surface area contributed by atoms with Gasteiger partial charge < -0.3 is 15.5 Å². The minimum absolute atomic E-state index is 0.0536. The predicted molar refractivity (Wildman–Crippen MR) is 85.6 cm³/mol. The summed E-state index contributed by atoms with van der Waals surface area (Å²) in [5.41, 5.74) is 4.64. The Kier molecular flexibility index (Phi) is 5.82. The SMILES string of the molecule is CC(C)[C@H]([NH3+])c1nnc(SCC(=O)Nc2cccc(Cl)c2)o1. The number of nitrogens with zero attached hydrogens (tertiary/aromatic N) is 2. The number of amides is 1. The van der Waals surface area contributed by atoms with Crippen LogP contribution in [0.2, 0.25) is 5.02 Å². The fraction of sp³-hybridized carbons (Fsp3) is 0.357. The molecular weight excluding hydrogens is 324 g/mol. The summed E-state index contributed by atoms with van der Waals surface area (Å²) >= 11 is 7.05. The molecule has 2 rings (SSSR count). The molecule has 118 valence electrons. The van der Waals surface area contributed by atoms with E-state index in [2.05, 4.69) is 21.2 Å². The van der Waals surface area contributed by atoms with Crippen molar-refractivity contribution in [2.75, 3.05) is 11.1 Å². The number of nitrogens with one attached hydrogen (secondary N) is 1. The molecule has 0 aliphatic carbocycles. The minimum atomic E-state index is -0.165. The van der Waals surface area contributed by atoms with Gasteiger partial charge in [0.15, 0.2) is 6.04 Å². The summed E-state index contributed by atoms with van der Waals surface area (Å²) in [6.07, 6.45) is 0. The third-order valence-electron chi connectivity index (χ3n) is 2.98. The maximum atomic E-state index is 11.9. The van der Waals surface area contributed by atoms with Crippen LogP contribution in [0.3, 0.4) is 0 Å². The fourth-order valence-electron chi connectivity index (χ4n) is 1.60. The number of aromatic nitrogens is 2. The molecular formula is C14H18ClN4O2S+. The number of hydrogen-bond donors (Lipinski definition) is 2. The molecule has 0 saturated carbocycles. The third-order valence-corrected chi connectivity index (χ3v) is 4.03. The number of rotatable bonds is 6. The van der Waals surface area contributed by atoms with Crippen LogP contribution in [-0.4, -0.2) is 21.9 Å². The van der Waals surface area contributed by atoms with Crippen LogP contribution in [0.25, 0.3) is 0 Å². The van der Waals surface area contributed by atoms with E-state index >= 15 is 0 Å². The molecule has 1 amide bonds. The Morgan fingerprint density at radius 1 is 1.45 bits per heavy atom. The molecule has 1 aromatic heterocycles. The lowest BCUT2D eigenvalue weighted by Crippen LogP contribution is -2.56. The van der Waals surface area contributed by atoms with Gasteiger partial charge in [-0.15, -0.1) is 10.2 Å². The molecule has 0 spiro atoms. The number of halogens is 1. The second kappa shape index (κ2) is 7.62. The zero-order valence-corrected chi connectivity index (χ0v) is 13.9. The maximum Gasteiger partial charge on any atom is 0.277 e. The van der Waals surface area contributed by atoms with Gasteiger partial charge in [-0.1, -0.05) is 43.3 Å². The van der Waals surface area contributed by atoms with Crippen LogP contribution in [0, 0.1) is 5.92 Å². The van der Waals surface area contributed by atoms with E-state index < -0.39 is 0 Å². The standard InChI is InChI=1S/C14H17ClN4O2S/c1-8(2)12(16)13-18-19-14(21-13)22-7-11(20)17-10-5-3-4-9(15)6-10/h3-6,8,12H,7,16H2,1-2H3,(H,17,20)/p+1/t12-/m0/s1. The lowest BCUT2D eigenvalue weighted by Gasteiger charge is -2.06. The van der Waals surface area contributed by atoms with Crippen molar-refractivity contribution in [1.82, 2.24) is 10.2 Å². The van der Waals surface area contributed by atoms with Crippen molar-refractivity contribution in [3.05, 3.63) is 35.2 Å². The van der Waals surface area contributed by atoms with E-state index in [9.17, 15) is 4.79 Å². The average Bonchev–Trinajstić information content (AvgIpc) is 2.93. The van der Waals surface area contributed by atoms with Gasteiger partial charge in [0, 0.05) is 16.6 Å². The van der Waals surface area contributed by atoms with Crippen molar-refractivity contribution < 1.29 is 14.9 Å². The van der Waals surface area contributed by atoms with Crippen LogP contribution in [-0.2, 0) is 4.79 Å². The second-order valence-corrected chi connectivity index (χ2v) is 6.47. The Bertz CT molecular complexity index is 647. The van der Waals surface area contributed by atoms with Crippen molar-refractivity contribution in [2.45, 2.75) is 25.1 Å². The summed E-state index contributed by atoms with van der Waals surface area (Å²) in [5, 5.41) is 11.6. The Hall–Kier alpha value is -1.57. The first-order chi connectivity index (χ1) is 10.5. The normalized spacial score (nSPS) is 12.4. The zero-order valence-electron chi connectivity index (χ0n) is 12.4. The summed E-state index contributed by atoms with van der Waals surface area (Å²) in [6, 6.07) is 6.92. The molecule has 1 atom stereocenters. The topological polar surface area (TPSA) is 95.7 Å². The van der Waals surface area contributed by atoms with Gasteiger partial charge >= 0.3 is 0 Å². The quantitative estimate of drug-likeness (QED) is 0.786. The first kappa shape index (κ1) is 16.8. The molecule has 8 heteroatoms. The molecule has 2 aromatic rings. The summed E-state index contributed by atoms with van der Waals surface area (Å²) in [7, 11) is 0. The molecule has 1 heterocycles. The number of anilines is 1. The third kappa shape index (κ3) is 4.72. The largest absolute Gasteiger partial charge is 0.410 e. The average molecular weight is 342 g/mol. The Morgan fingerprint density at radius 3 is 2.91 bits per heavy atom. The van der Waals surface area contributed by atoms with Crippen LogP contribution >= 0.6 is 23.4 Å². The smallest absolute Gasteiger partial charge is 0.277 e. The van der Waals surface area contributed by atoms with E-state index in [-0.39, 0.29) is 17.7 Å². The van der Waals surface area contributed by atoms with Crippen LogP contribution < -0.4 is 11.1 Å². The van der Waals surface area contributed by atoms with Crippen molar-refractivity contribution in [2.24, 2.45) is 5.92 Å². The lowest BCUT2D eigenvalue weighted by molar-refractivity contribution is -0.443. The number of carbonyl (C=O) groups excluding carboxylic acids is 1. The zero-order chi connectivity index (χ0) is 16.1. The van der Waals surface area contributed by atoms with Gasteiger partial charge in [-0.3, -0.25) is 4.79 Å². The van der Waals surface area contributed by atoms with Crippen molar-refractivity contribution in [1.29, 1.82) is 0 Å². The highest BCUT2D eigenvalue weighted by Gasteiger charge is 2.21. The van der Waals surface area contributed by atoms with Gasteiger partial charge in [0.1, 0.15) is 0 Å². The summed E-state index contributed by atoms with van der Waals surface area (Å²) in [5.74, 6) is 0.816. The van der Waals surface area contributed by atoms with Crippen molar-refractivity contribution in [3.8, 4) is 0 Å². The number of carbonyl (C=O) groups is 1. The first-order valence-corrected chi connectivity index (χ1v) is 8.16. The summed E-state index contributed by atoms with van der Waals surface area (Å²) in [4.78, 5) is 11.9. The van der Waals surface area contributed by atoms with E-state index in [4.69, 9.17) is 16.0 Å². The van der Waals surface area contributed by atoms with Crippen LogP contribution in [0.1, 0.15) is 25.8 Å². The molecule has 0 unspecified atom stereocenters. The predicted octanol–water partition coefficient (Wildman–Crippen LogP) is 2.39. The first-order valence-electron chi connectivity index (χ1n) is 6.80. The number of thioether (sulfide) groups is 1. The van der Waals surface area contributed by atoms with E-state index in [0.717, 1.165) is 0 Å². The van der Waals surface area contributed by atoms with Gasteiger partial charge in [-0.2, -0.15) is 0 Å². The molecule has 0 aliphatic rings. The molecule has 1 aromatic carbocycles. The van der Waals surface area contributed by atoms with E-state index in [1.807, 2.05) is 13.8 Å². The highest BCUT2D eigenvalue weighted by Crippen LogP contribution is 2.22. The van der Waals surface area contributed by atoms with Gasteiger partial charge in [-0.05, 0) is 18.2 Å². The molecule has 22 heavy (non-hydrogen) atoms. The van der Waals surface area contributed by atoms with Crippen molar-refractivity contribution in [3.63, 3.8) is 0 Å². The summed E-state index contributed by atoms with van der Waals surface area (Å²) in [6.45, 7) is 4.07. The Labute approximate surface area is 137 Å². The second-order valence-electron chi connectivity index (χ2n) is 5.10. The van der Waals surface area contributed by atoms with Gasteiger partial charge in [0.2, 0.25) is 5.91 Å². The molecule has 0 aliphatic heterocycles. The highest BCUT2D eigenvalue weighted by molar-refractivity contribution is 7.99. The van der Waals surface area contributed by atoms with E-state index in [1.165, 1.54) is 11.8 Å². The molecule has 6 nitrogen and oxygen atoms in total. The minimum Gasteiger partial charge on any atom is -0.410 e. The number of benzene rings is 1. The number of hydrogen-bond acceptors (Lipinski definition) is 5. The molecule has 0 saturated heterocycles. The molecule has 0 radical (unpaired) electrons. The van der Waals surface area contributed by atoms with E-state index in [0.29, 0.717) is 27.7 Å².